The summed E-state index contributed by atoms with van der Waals surface area (Å²) in [5, 5.41) is 5.15. The van der Waals surface area contributed by atoms with Gasteiger partial charge in [-0.3, -0.25) is 14.4 Å². The molecule has 0 aliphatic heterocycles. The van der Waals surface area contributed by atoms with Crippen molar-refractivity contribution in [3.05, 3.63) is 0 Å². The van der Waals surface area contributed by atoms with E-state index < -0.39 is 6.04 Å². The summed E-state index contributed by atoms with van der Waals surface area (Å²) < 4.78 is 5.21. The molecule has 0 saturated carbocycles. The molecular weight excluding hydrogens is 351 g/mol. The minimum Gasteiger partial charge on any atom is -0.374 e. The van der Waals surface area contributed by atoms with Gasteiger partial charge >= 0.3 is 0 Å². The van der Waals surface area contributed by atoms with Crippen LogP contribution in [0.1, 0.15) is 27.2 Å². The quantitative estimate of drug-likeness (QED) is 0.275. The molecule has 0 bridgehead atoms. The van der Waals surface area contributed by atoms with Crippen LogP contribution in [0, 0.1) is 0 Å². The third-order valence-corrected chi connectivity index (χ3v) is 2.90. The summed E-state index contributed by atoms with van der Waals surface area (Å²) in [7, 11) is 0. The number of hydrogen-bond donors (Lipinski definition) is 2. The number of halogens is 1. The summed E-state index contributed by atoms with van der Waals surface area (Å²) in [6.07, 6.45) is 1.12. The molecule has 2 amide bonds. The molecule has 0 aliphatic rings. The number of nitrogens with one attached hydrogen (secondary N) is 2. The van der Waals surface area contributed by atoms with Gasteiger partial charge in [0.15, 0.2) is 5.78 Å². The van der Waals surface area contributed by atoms with E-state index in [9.17, 15) is 14.4 Å². The number of hydrogen-bond acceptors (Lipinski definition) is 4. The minimum atomic E-state index is -0.648. The van der Waals surface area contributed by atoms with E-state index in [1.54, 1.807) is 22.6 Å². The lowest BCUT2D eigenvalue weighted by Gasteiger charge is -2.24. The molecule has 0 spiro atoms. The van der Waals surface area contributed by atoms with Crippen LogP contribution in [0.15, 0.2) is 0 Å². The van der Waals surface area contributed by atoms with Crippen LogP contribution in [-0.4, -0.2) is 40.9 Å². The Kier molecular flexibility index (Phi) is 8.90. The van der Waals surface area contributed by atoms with Crippen molar-refractivity contribution in [3.63, 3.8) is 0 Å². The molecule has 0 fully saturated rings. The second-order valence-electron chi connectivity index (χ2n) is 3.92. The largest absolute Gasteiger partial charge is 0.374 e. The van der Waals surface area contributed by atoms with E-state index in [1.165, 1.54) is 6.92 Å². The number of carbonyl (C=O) groups is 3. The molecule has 7 heteroatoms. The molecule has 2 N–H and O–H groups in total. The second-order valence-corrected chi connectivity index (χ2v) is 4.90. The van der Waals surface area contributed by atoms with Crippen LogP contribution in [0.2, 0.25) is 0 Å². The minimum absolute atomic E-state index is 0.0995. The standard InChI is InChI=1S/C11H19IN2O4/c1-4-9(13-6-15)8(3)18-5-10(7(2)16)14-11(12)17/h6,8-10H,4-5H2,1-3H3,(H,13,15)(H,14,17)/t8?,9?,10-/m0/s1. The maximum absolute atomic E-state index is 11.3. The van der Waals surface area contributed by atoms with Crippen molar-refractivity contribution in [2.75, 3.05) is 6.61 Å². The number of amides is 2. The van der Waals surface area contributed by atoms with Crippen molar-refractivity contribution in [2.45, 2.75) is 45.4 Å². The maximum Gasteiger partial charge on any atom is 0.281 e. The molecule has 0 aliphatic carbocycles. The van der Waals surface area contributed by atoms with Gasteiger partial charge in [0.05, 0.1) is 18.8 Å². The first kappa shape index (κ1) is 17.3. The van der Waals surface area contributed by atoms with E-state index in [4.69, 9.17) is 4.74 Å². The Morgan fingerprint density at radius 3 is 2.44 bits per heavy atom. The van der Waals surface area contributed by atoms with E-state index in [-0.39, 0.29) is 28.4 Å². The van der Waals surface area contributed by atoms with Crippen LogP contribution < -0.4 is 10.6 Å². The van der Waals surface area contributed by atoms with Crippen molar-refractivity contribution < 1.29 is 19.1 Å². The van der Waals surface area contributed by atoms with Crippen molar-refractivity contribution in [1.29, 1.82) is 0 Å². The van der Waals surface area contributed by atoms with E-state index in [0.717, 1.165) is 6.42 Å². The lowest BCUT2D eigenvalue weighted by molar-refractivity contribution is -0.121. The molecule has 0 aromatic rings. The third-order valence-electron chi connectivity index (χ3n) is 2.59. The van der Waals surface area contributed by atoms with Gasteiger partial charge in [-0.1, -0.05) is 6.92 Å². The summed E-state index contributed by atoms with van der Waals surface area (Å²) >= 11 is 1.57. The number of carbonyl (C=O) groups excluding carboxylic acids is 3. The highest BCUT2D eigenvalue weighted by atomic mass is 127. The van der Waals surface area contributed by atoms with Gasteiger partial charge in [0.2, 0.25) is 6.41 Å². The van der Waals surface area contributed by atoms with Gasteiger partial charge < -0.3 is 15.4 Å². The molecule has 104 valence electrons. The highest BCUT2D eigenvalue weighted by molar-refractivity contribution is 14.1. The predicted molar refractivity (Wildman–Crippen MR) is 75.7 cm³/mol. The zero-order valence-corrected chi connectivity index (χ0v) is 12.9. The van der Waals surface area contributed by atoms with Crippen molar-refractivity contribution in [2.24, 2.45) is 0 Å². The molecule has 3 atom stereocenters. The third kappa shape index (κ3) is 6.90. The fourth-order valence-corrected chi connectivity index (χ4v) is 1.81. The Morgan fingerprint density at radius 1 is 1.44 bits per heavy atom. The lowest BCUT2D eigenvalue weighted by atomic mass is 10.1. The van der Waals surface area contributed by atoms with Crippen LogP contribution in [0.4, 0.5) is 4.79 Å². The molecule has 0 aromatic heterocycles. The Morgan fingerprint density at radius 2 is 2.06 bits per heavy atom. The maximum atomic E-state index is 11.3. The van der Waals surface area contributed by atoms with Crippen molar-refractivity contribution >= 4 is 38.7 Å². The van der Waals surface area contributed by atoms with E-state index >= 15 is 0 Å². The molecule has 18 heavy (non-hydrogen) atoms. The van der Waals surface area contributed by atoms with Gasteiger partial charge in [0, 0.05) is 22.6 Å². The van der Waals surface area contributed by atoms with Gasteiger partial charge in [-0.15, -0.1) is 0 Å². The fourth-order valence-electron chi connectivity index (χ4n) is 1.43. The molecule has 0 radical (unpaired) electrons. The van der Waals surface area contributed by atoms with E-state index in [2.05, 4.69) is 10.6 Å². The monoisotopic (exact) mass is 370 g/mol. The average Bonchev–Trinajstić information content (AvgIpc) is 2.30. The first-order valence-electron chi connectivity index (χ1n) is 5.70. The van der Waals surface area contributed by atoms with Gasteiger partial charge in [-0.25, -0.2) is 0 Å². The summed E-state index contributed by atoms with van der Waals surface area (Å²) in [6.45, 7) is 5.23. The Labute approximate surface area is 120 Å². The van der Waals surface area contributed by atoms with Crippen LogP contribution in [0.3, 0.4) is 0 Å². The average molecular weight is 370 g/mol. The first-order valence-corrected chi connectivity index (χ1v) is 6.78. The summed E-state index contributed by atoms with van der Waals surface area (Å²) in [5.41, 5.74) is 0. The van der Waals surface area contributed by atoms with Crippen molar-refractivity contribution in [1.82, 2.24) is 10.6 Å². The number of ketones is 1. The van der Waals surface area contributed by atoms with E-state index in [0.29, 0.717) is 6.41 Å². The Bertz CT molecular complexity index is 299. The number of Topliss-reactive ketones (excluding diaryl/α,β-unsaturated/α-hetero) is 1. The highest BCUT2D eigenvalue weighted by Gasteiger charge is 2.20. The van der Waals surface area contributed by atoms with Crippen molar-refractivity contribution in [3.8, 4) is 0 Å². The van der Waals surface area contributed by atoms with Gasteiger partial charge in [-0.2, -0.15) is 0 Å². The van der Waals surface area contributed by atoms with Crippen LogP contribution in [0.25, 0.3) is 0 Å². The normalized spacial score (nSPS) is 15.3. The molecular formula is C11H19IN2O4. The topological polar surface area (TPSA) is 84.5 Å². The first-order chi connectivity index (χ1) is 8.42. The molecule has 2 unspecified atom stereocenters. The fraction of sp³-hybridized carbons (Fsp3) is 0.727. The second kappa shape index (κ2) is 9.26. The van der Waals surface area contributed by atoms with Gasteiger partial charge in [0.25, 0.3) is 3.91 Å². The smallest absolute Gasteiger partial charge is 0.281 e. The number of rotatable bonds is 9. The number of ether oxygens (including phenoxy) is 1. The summed E-state index contributed by atoms with van der Waals surface area (Å²) in [4.78, 5) is 32.6. The highest BCUT2D eigenvalue weighted by Crippen LogP contribution is 2.04. The zero-order chi connectivity index (χ0) is 14.1. The van der Waals surface area contributed by atoms with Crippen LogP contribution >= 0.6 is 22.6 Å². The van der Waals surface area contributed by atoms with E-state index in [1.807, 2.05) is 13.8 Å². The SMILES string of the molecule is CCC(NC=O)C(C)OC[C@H](NC(=O)I)C(C)=O. The van der Waals surface area contributed by atoms with Crippen LogP contribution in [0.5, 0.6) is 0 Å². The molecule has 0 heterocycles. The summed E-state index contributed by atoms with van der Waals surface area (Å²) in [6, 6.07) is -0.754. The summed E-state index contributed by atoms with van der Waals surface area (Å²) in [5.74, 6) is -0.163. The van der Waals surface area contributed by atoms with Gasteiger partial charge in [-0.05, 0) is 20.3 Å². The predicted octanol–water partition coefficient (Wildman–Crippen LogP) is 1.02. The van der Waals surface area contributed by atoms with Crippen LogP contribution in [-0.2, 0) is 14.3 Å². The Balaban J connectivity index is 4.28. The molecule has 6 nitrogen and oxygen atoms in total. The Hall–Kier alpha value is -0.700. The molecule has 0 saturated heterocycles. The lowest BCUT2D eigenvalue weighted by Crippen LogP contribution is -2.44. The molecule has 0 rings (SSSR count). The zero-order valence-electron chi connectivity index (χ0n) is 10.7. The molecule has 0 aromatic carbocycles. The van der Waals surface area contributed by atoms with Gasteiger partial charge in [0.1, 0.15) is 6.04 Å².